The monoisotopic (exact) mass is 343 g/mol. The lowest BCUT2D eigenvalue weighted by atomic mass is 9.78. The summed E-state index contributed by atoms with van der Waals surface area (Å²) < 4.78 is 7.22. The van der Waals surface area contributed by atoms with Crippen LogP contribution in [0.15, 0.2) is 22.8 Å². The lowest BCUT2D eigenvalue weighted by Gasteiger charge is -2.31. The Labute approximate surface area is 127 Å². The molecule has 1 heterocycles. The second kappa shape index (κ2) is 7.00. The van der Waals surface area contributed by atoms with Crippen molar-refractivity contribution in [1.29, 1.82) is 0 Å². The smallest absolute Gasteiger partial charge is 0.171 e. The summed E-state index contributed by atoms with van der Waals surface area (Å²) in [6, 6.07) is 4.11. The van der Waals surface area contributed by atoms with Crippen molar-refractivity contribution in [2.75, 3.05) is 0 Å². The molecule has 0 N–H and O–H groups in total. The molecule has 1 aromatic heterocycles. The first-order chi connectivity index (χ1) is 8.70. The van der Waals surface area contributed by atoms with Crippen LogP contribution in [-0.2, 0) is 4.43 Å². The number of halogens is 1. The molecule has 0 aliphatic heterocycles. The van der Waals surface area contributed by atoms with E-state index in [1.165, 1.54) is 0 Å². The van der Waals surface area contributed by atoms with Crippen molar-refractivity contribution in [2.45, 2.75) is 53.3 Å². The second-order valence-electron chi connectivity index (χ2n) is 6.58. The highest BCUT2D eigenvalue weighted by molar-refractivity contribution is 9.10. The zero-order valence-corrected chi connectivity index (χ0v) is 15.6. The molecule has 0 aliphatic rings. The van der Waals surface area contributed by atoms with E-state index < -0.39 is 9.04 Å². The van der Waals surface area contributed by atoms with Crippen molar-refractivity contribution >= 4 is 25.0 Å². The maximum absolute atomic E-state index is 6.20. The van der Waals surface area contributed by atoms with E-state index in [0.29, 0.717) is 11.3 Å². The van der Waals surface area contributed by atoms with Crippen molar-refractivity contribution in [3.8, 4) is 0 Å². The molecule has 0 bridgehead atoms. The molecule has 0 saturated heterocycles. The predicted octanol–water partition coefficient (Wildman–Crippen LogP) is 4.96. The molecule has 0 saturated carbocycles. The zero-order valence-electron chi connectivity index (χ0n) is 12.9. The van der Waals surface area contributed by atoms with Gasteiger partial charge in [0, 0.05) is 10.7 Å². The van der Waals surface area contributed by atoms with Crippen LogP contribution >= 0.6 is 15.9 Å². The van der Waals surface area contributed by atoms with E-state index in [1.807, 2.05) is 12.3 Å². The summed E-state index contributed by atoms with van der Waals surface area (Å²) in [5.74, 6) is 0.593. The summed E-state index contributed by atoms with van der Waals surface area (Å²) in [6.07, 6.45) is 3.02. The minimum atomic E-state index is -1.08. The minimum absolute atomic E-state index is 0.133. The van der Waals surface area contributed by atoms with Gasteiger partial charge in [-0.1, -0.05) is 27.7 Å². The van der Waals surface area contributed by atoms with Gasteiger partial charge in [-0.3, -0.25) is 4.98 Å². The number of hydrogen-bond donors (Lipinski definition) is 0. The summed E-state index contributed by atoms with van der Waals surface area (Å²) in [4.78, 5) is 4.52. The average Bonchev–Trinajstić information content (AvgIpc) is 2.27. The Bertz CT molecular complexity index is 386. The third-order valence-electron chi connectivity index (χ3n) is 3.56. The molecule has 4 heteroatoms. The molecule has 108 valence electrons. The first-order valence-corrected chi connectivity index (χ1v) is 10.5. The van der Waals surface area contributed by atoms with Gasteiger partial charge in [0.05, 0.1) is 11.8 Å². The molecule has 1 rings (SSSR count). The Hall–Kier alpha value is -0.193. The molecule has 0 amide bonds. The Morgan fingerprint density at radius 1 is 1.32 bits per heavy atom. The summed E-state index contributed by atoms with van der Waals surface area (Å²) in [7, 11) is -1.08. The topological polar surface area (TPSA) is 22.1 Å². The second-order valence-corrected chi connectivity index (χ2v) is 9.86. The summed E-state index contributed by atoms with van der Waals surface area (Å²) in [5.41, 5.74) is 1.36. The summed E-state index contributed by atoms with van der Waals surface area (Å²) >= 11 is 3.43. The molecule has 19 heavy (non-hydrogen) atoms. The Balaban J connectivity index is 2.86. The van der Waals surface area contributed by atoms with Crippen molar-refractivity contribution in [1.82, 2.24) is 4.98 Å². The van der Waals surface area contributed by atoms with Crippen molar-refractivity contribution in [3.63, 3.8) is 0 Å². The Morgan fingerprint density at radius 3 is 2.37 bits per heavy atom. The molecule has 0 aliphatic carbocycles. The largest absolute Gasteiger partial charge is 0.412 e. The van der Waals surface area contributed by atoms with Gasteiger partial charge in [0.15, 0.2) is 9.04 Å². The molecular formula is C15H26BrNOSi. The van der Waals surface area contributed by atoms with Crippen molar-refractivity contribution in [2.24, 2.45) is 11.3 Å². The quantitative estimate of drug-likeness (QED) is 0.705. The standard InChI is InChI=1S/C15H26BrNOSi/c1-11(15(2,3)4)9-14(18-19(5)6)13-8-7-12(16)10-17-13/h7-8,10-11,14,19H,9H2,1-6H3. The van der Waals surface area contributed by atoms with Crippen LogP contribution in [0.4, 0.5) is 0 Å². The van der Waals surface area contributed by atoms with Gasteiger partial charge in [-0.25, -0.2) is 0 Å². The average molecular weight is 344 g/mol. The summed E-state index contributed by atoms with van der Waals surface area (Å²) in [5, 5.41) is 0. The number of aromatic nitrogens is 1. The Kier molecular flexibility index (Phi) is 6.21. The van der Waals surface area contributed by atoms with E-state index in [0.717, 1.165) is 16.6 Å². The van der Waals surface area contributed by atoms with Gasteiger partial charge in [0.1, 0.15) is 0 Å². The predicted molar refractivity (Wildman–Crippen MR) is 87.9 cm³/mol. The van der Waals surface area contributed by atoms with Crippen LogP contribution in [0.5, 0.6) is 0 Å². The van der Waals surface area contributed by atoms with Gasteiger partial charge in [0.2, 0.25) is 0 Å². The normalized spacial score (nSPS) is 15.6. The lowest BCUT2D eigenvalue weighted by molar-refractivity contribution is 0.127. The minimum Gasteiger partial charge on any atom is -0.412 e. The first-order valence-electron chi connectivity index (χ1n) is 6.97. The number of pyridine rings is 1. The van der Waals surface area contributed by atoms with Crippen molar-refractivity contribution in [3.05, 3.63) is 28.5 Å². The number of nitrogens with zero attached hydrogens (tertiary/aromatic N) is 1. The maximum Gasteiger partial charge on any atom is 0.171 e. The van der Waals surface area contributed by atoms with Gasteiger partial charge < -0.3 is 4.43 Å². The van der Waals surface area contributed by atoms with Gasteiger partial charge in [-0.05, 0) is 58.9 Å². The molecule has 0 aromatic carbocycles. The highest BCUT2D eigenvalue weighted by Gasteiger charge is 2.26. The highest BCUT2D eigenvalue weighted by atomic mass is 79.9. The Morgan fingerprint density at radius 2 is 1.95 bits per heavy atom. The third-order valence-corrected chi connectivity index (χ3v) is 4.90. The van der Waals surface area contributed by atoms with Crippen LogP contribution < -0.4 is 0 Å². The summed E-state index contributed by atoms with van der Waals surface area (Å²) in [6.45, 7) is 13.6. The number of rotatable bonds is 5. The third kappa shape index (κ3) is 5.75. The zero-order chi connectivity index (χ0) is 14.6. The molecule has 2 unspecified atom stereocenters. The molecule has 0 radical (unpaired) electrons. The van der Waals surface area contributed by atoms with Gasteiger partial charge in [-0.2, -0.15) is 0 Å². The van der Waals surface area contributed by atoms with Crippen LogP contribution in [0.1, 0.15) is 45.9 Å². The van der Waals surface area contributed by atoms with E-state index in [1.54, 1.807) is 0 Å². The molecular weight excluding hydrogens is 318 g/mol. The maximum atomic E-state index is 6.20. The first kappa shape index (κ1) is 16.9. The van der Waals surface area contributed by atoms with E-state index >= 15 is 0 Å². The van der Waals surface area contributed by atoms with Crippen LogP contribution in [0.25, 0.3) is 0 Å². The van der Waals surface area contributed by atoms with E-state index in [4.69, 9.17) is 4.43 Å². The highest BCUT2D eigenvalue weighted by Crippen LogP contribution is 2.34. The molecule has 2 atom stereocenters. The molecule has 2 nitrogen and oxygen atoms in total. The van der Waals surface area contributed by atoms with Gasteiger partial charge >= 0.3 is 0 Å². The fourth-order valence-electron chi connectivity index (χ4n) is 1.83. The van der Waals surface area contributed by atoms with E-state index in [9.17, 15) is 0 Å². The lowest BCUT2D eigenvalue weighted by Crippen LogP contribution is -2.23. The number of hydrogen-bond acceptors (Lipinski definition) is 2. The molecule has 0 fully saturated rings. The fraction of sp³-hybridized carbons (Fsp3) is 0.667. The SMILES string of the molecule is CC(CC(O[SiH](C)C)c1ccc(Br)cn1)C(C)(C)C. The van der Waals surface area contributed by atoms with Crippen LogP contribution in [-0.4, -0.2) is 14.0 Å². The van der Waals surface area contributed by atoms with E-state index in [-0.39, 0.29) is 6.10 Å². The van der Waals surface area contributed by atoms with Crippen LogP contribution in [0.3, 0.4) is 0 Å². The van der Waals surface area contributed by atoms with Crippen molar-refractivity contribution < 1.29 is 4.43 Å². The molecule has 0 spiro atoms. The van der Waals surface area contributed by atoms with Gasteiger partial charge in [0.25, 0.3) is 0 Å². The fourth-order valence-corrected chi connectivity index (χ4v) is 2.97. The van der Waals surface area contributed by atoms with Crippen LogP contribution in [0.2, 0.25) is 13.1 Å². The van der Waals surface area contributed by atoms with E-state index in [2.05, 4.69) is 67.8 Å². The van der Waals surface area contributed by atoms with Gasteiger partial charge in [-0.15, -0.1) is 0 Å². The van der Waals surface area contributed by atoms with Crippen LogP contribution in [0, 0.1) is 11.3 Å². The molecule has 1 aromatic rings.